The summed E-state index contributed by atoms with van der Waals surface area (Å²) in [7, 11) is 0. The van der Waals surface area contributed by atoms with E-state index in [2.05, 4.69) is 11.8 Å². The fraction of sp³-hybridized carbons (Fsp3) is 1.00. The molecule has 3 nitrogen and oxygen atoms in total. The van der Waals surface area contributed by atoms with Crippen LogP contribution in [0.1, 0.15) is 58.3 Å². The first-order chi connectivity index (χ1) is 9.78. The van der Waals surface area contributed by atoms with Crippen LogP contribution in [-0.2, 0) is 4.74 Å². The molecule has 0 amide bonds. The average molecular weight is 281 g/mol. The summed E-state index contributed by atoms with van der Waals surface area (Å²) < 4.78 is 5.97. The van der Waals surface area contributed by atoms with Gasteiger partial charge in [-0.05, 0) is 43.9 Å². The van der Waals surface area contributed by atoms with E-state index in [1.54, 1.807) is 0 Å². The molecule has 3 aliphatic rings. The van der Waals surface area contributed by atoms with Crippen molar-refractivity contribution in [1.29, 1.82) is 0 Å². The predicted molar refractivity (Wildman–Crippen MR) is 80.7 cm³/mol. The Bertz CT molecular complexity index is 307. The van der Waals surface area contributed by atoms with E-state index in [0.717, 1.165) is 32.0 Å². The number of aliphatic hydroxyl groups excluding tert-OH is 1. The summed E-state index contributed by atoms with van der Waals surface area (Å²) in [5.41, 5.74) is 0. The number of hydrogen-bond donors (Lipinski definition) is 1. The van der Waals surface area contributed by atoms with Gasteiger partial charge in [-0.3, -0.25) is 4.90 Å². The van der Waals surface area contributed by atoms with Crippen LogP contribution in [0.4, 0.5) is 0 Å². The minimum Gasteiger partial charge on any atom is -0.393 e. The first-order valence-corrected chi connectivity index (χ1v) is 8.81. The zero-order valence-corrected chi connectivity index (χ0v) is 13.0. The SMILES string of the molecule is CCC1CCC(O)C(CN2CCOC3CCCCC32)C1. The minimum absolute atomic E-state index is 0.0670. The maximum Gasteiger partial charge on any atom is 0.0730 e. The molecule has 5 unspecified atom stereocenters. The van der Waals surface area contributed by atoms with Gasteiger partial charge in [-0.25, -0.2) is 0 Å². The molecule has 0 aromatic heterocycles. The molecule has 116 valence electrons. The fourth-order valence-electron chi connectivity index (χ4n) is 4.62. The van der Waals surface area contributed by atoms with Gasteiger partial charge in [-0.2, -0.15) is 0 Å². The predicted octanol–water partition coefficient (Wildman–Crippen LogP) is 2.82. The second-order valence-corrected chi connectivity index (χ2v) is 7.17. The molecule has 1 heterocycles. The molecule has 3 fully saturated rings. The third-order valence-electron chi connectivity index (χ3n) is 5.94. The minimum atomic E-state index is -0.0670. The van der Waals surface area contributed by atoms with E-state index < -0.39 is 0 Å². The van der Waals surface area contributed by atoms with Crippen LogP contribution in [0.15, 0.2) is 0 Å². The van der Waals surface area contributed by atoms with E-state index in [1.807, 2.05) is 0 Å². The van der Waals surface area contributed by atoms with Gasteiger partial charge in [0.05, 0.1) is 18.8 Å². The van der Waals surface area contributed by atoms with E-state index in [4.69, 9.17) is 4.74 Å². The van der Waals surface area contributed by atoms with Crippen LogP contribution in [0.5, 0.6) is 0 Å². The van der Waals surface area contributed by atoms with E-state index in [0.29, 0.717) is 18.1 Å². The number of fused-ring (bicyclic) bond motifs is 1. The molecule has 0 aromatic rings. The van der Waals surface area contributed by atoms with Crippen molar-refractivity contribution in [1.82, 2.24) is 4.90 Å². The lowest BCUT2D eigenvalue weighted by atomic mass is 9.77. The van der Waals surface area contributed by atoms with Gasteiger partial charge >= 0.3 is 0 Å². The van der Waals surface area contributed by atoms with Crippen LogP contribution in [-0.4, -0.2) is 48.0 Å². The summed E-state index contributed by atoms with van der Waals surface area (Å²) in [5, 5.41) is 10.4. The molecule has 20 heavy (non-hydrogen) atoms. The number of morpholine rings is 1. The molecule has 2 aliphatic carbocycles. The monoisotopic (exact) mass is 281 g/mol. The van der Waals surface area contributed by atoms with Gasteiger partial charge in [0.15, 0.2) is 0 Å². The molecule has 0 aromatic carbocycles. The van der Waals surface area contributed by atoms with Crippen LogP contribution in [0.25, 0.3) is 0 Å². The normalized spacial score (nSPS) is 43.2. The van der Waals surface area contributed by atoms with Crippen molar-refractivity contribution in [3.05, 3.63) is 0 Å². The van der Waals surface area contributed by atoms with Gasteiger partial charge in [0, 0.05) is 19.1 Å². The van der Waals surface area contributed by atoms with Crippen LogP contribution in [0.3, 0.4) is 0 Å². The summed E-state index contributed by atoms with van der Waals surface area (Å²) >= 11 is 0. The largest absolute Gasteiger partial charge is 0.393 e. The molecule has 0 bridgehead atoms. The lowest BCUT2D eigenvalue weighted by molar-refractivity contribution is -0.101. The van der Waals surface area contributed by atoms with Gasteiger partial charge < -0.3 is 9.84 Å². The van der Waals surface area contributed by atoms with Crippen LogP contribution in [0.2, 0.25) is 0 Å². The van der Waals surface area contributed by atoms with E-state index >= 15 is 0 Å². The van der Waals surface area contributed by atoms with Crippen molar-refractivity contribution in [2.75, 3.05) is 19.7 Å². The molecule has 1 saturated heterocycles. The standard InChI is InChI=1S/C17H31NO2/c1-2-13-7-8-16(19)14(11-13)12-18-9-10-20-17-6-4-3-5-15(17)18/h13-17,19H,2-12H2,1H3. The Kier molecular flexibility index (Phi) is 5.00. The van der Waals surface area contributed by atoms with Crippen molar-refractivity contribution in [2.45, 2.75) is 76.5 Å². The average Bonchev–Trinajstić information content (AvgIpc) is 2.50. The lowest BCUT2D eigenvalue weighted by Crippen LogP contribution is -2.55. The number of hydrogen-bond acceptors (Lipinski definition) is 3. The molecule has 3 rings (SSSR count). The first-order valence-electron chi connectivity index (χ1n) is 8.81. The first kappa shape index (κ1) is 14.8. The third kappa shape index (κ3) is 3.20. The second-order valence-electron chi connectivity index (χ2n) is 7.17. The zero-order chi connectivity index (χ0) is 13.9. The highest BCUT2D eigenvalue weighted by Crippen LogP contribution is 2.34. The summed E-state index contributed by atoms with van der Waals surface area (Å²) in [6, 6.07) is 0.631. The smallest absolute Gasteiger partial charge is 0.0730 e. The Hall–Kier alpha value is -0.120. The molecule has 1 N–H and O–H groups in total. The Morgan fingerprint density at radius 2 is 2.00 bits per heavy atom. The molecule has 0 spiro atoms. The Morgan fingerprint density at radius 1 is 1.15 bits per heavy atom. The van der Waals surface area contributed by atoms with Crippen LogP contribution >= 0.6 is 0 Å². The number of nitrogens with zero attached hydrogens (tertiary/aromatic N) is 1. The van der Waals surface area contributed by atoms with Crippen LogP contribution in [0, 0.1) is 11.8 Å². The van der Waals surface area contributed by atoms with Gasteiger partial charge in [-0.1, -0.05) is 26.2 Å². The van der Waals surface area contributed by atoms with Gasteiger partial charge in [0.2, 0.25) is 0 Å². The van der Waals surface area contributed by atoms with Crippen molar-refractivity contribution < 1.29 is 9.84 Å². The topological polar surface area (TPSA) is 32.7 Å². The maximum absolute atomic E-state index is 10.4. The summed E-state index contributed by atoms with van der Waals surface area (Å²) in [4.78, 5) is 2.65. The Morgan fingerprint density at radius 3 is 2.85 bits per heavy atom. The van der Waals surface area contributed by atoms with Crippen LogP contribution < -0.4 is 0 Å². The Labute approximate surface area is 123 Å². The number of rotatable bonds is 3. The van der Waals surface area contributed by atoms with Crippen molar-refractivity contribution in [3.63, 3.8) is 0 Å². The van der Waals surface area contributed by atoms with Crippen molar-refractivity contribution >= 4 is 0 Å². The fourth-order valence-corrected chi connectivity index (χ4v) is 4.62. The summed E-state index contributed by atoms with van der Waals surface area (Å²) in [6.07, 6.45) is 10.4. The molecule has 1 aliphatic heterocycles. The molecule has 0 radical (unpaired) electrons. The lowest BCUT2D eigenvalue weighted by Gasteiger charge is -2.46. The molecule has 2 saturated carbocycles. The van der Waals surface area contributed by atoms with Gasteiger partial charge in [-0.15, -0.1) is 0 Å². The highest BCUT2D eigenvalue weighted by Gasteiger charge is 2.37. The van der Waals surface area contributed by atoms with E-state index in [9.17, 15) is 5.11 Å². The van der Waals surface area contributed by atoms with Crippen molar-refractivity contribution in [3.8, 4) is 0 Å². The summed E-state index contributed by atoms with van der Waals surface area (Å²) in [6.45, 7) is 5.36. The second kappa shape index (κ2) is 6.76. The number of ether oxygens (including phenoxy) is 1. The quantitative estimate of drug-likeness (QED) is 0.863. The maximum atomic E-state index is 10.4. The Balaban J connectivity index is 1.60. The highest BCUT2D eigenvalue weighted by atomic mass is 16.5. The van der Waals surface area contributed by atoms with Crippen molar-refractivity contribution in [2.24, 2.45) is 11.8 Å². The highest BCUT2D eigenvalue weighted by molar-refractivity contribution is 4.90. The molecule has 3 heteroatoms. The molecule has 5 atom stereocenters. The van der Waals surface area contributed by atoms with E-state index in [1.165, 1.54) is 44.9 Å². The number of aliphatic hydroxyl groups is 1. The molecular formula is C17H31NO2. The van der Waals surface area contributed by atoms with Gasteiger partial charge in [0.1, 0.15) is 0 Å². The molecular weight excluding hydrogens is 250 g/mol. The summed E-state index contributed by atoms with van der Waals surface area (Å²) in [5.74, 6) is 1.33. The zero-order valence-electron chi connectivity index (χ0n) is 13.0. The van der Waals surface area contributed by atoms with Gasteiger partial charge in [0.25, 0.3) is 0 Å². The van der Waals surface area contributed by atoms with E-state index in [-0.39, 0.29) is 6.10 Å². The third-order valence-corrected chi connectivity index (χ3v) is 5.94.